The van der Waals surface area contributed by atoms with E-state index in [1.807, 2.05) is 0 Å². The van der Waals surface area contributed by atoms with Crippen LogP contribution in [-0.4, -0.2) is 48.0 Å². The van der Waals surface area contributed by atoms with Crippen molar-refractivity contribution in [3.05, 3.63) is 59.7 Å². The number of hydrogen-bond acceptors (Lipinski definition) is 4. The minimum atomic E-state index is -0.524. The van der Waals surface area contributed by atoms with Gasteiger partial charge in [0.2, 0.25) is 0 Å². The van der Waals surface area contributed by atoms with Crippen LogP contribution in [0.2, 0.25) is 0 Å². The van der Waals surface area contributed by atoms with Crippen LogP contribution in [-0.2, 0) is 4.74 Å². The zero-order valence-electron chi connectivity index (χ0n) is 12.9. The third-order valence-corrected chi connectivity index (χ3v) is 3.66. The van der Waals surface area contributed by atoms with Crippen LogP contribution >= 0.6 is 0 Å². The largest absolute Gasteiger partial charge is 0.378 e. The molecule has 0 saturated carbocycles. The monoisotopic (exact) mass is 329 g/mol. The van der Waals surface area contributed by atoms with E-state index in [4.69, 9.17) is 4.74 Å². The molecule has 2 amide bonds. The topological polar surface area (TPSA) is 71.5 Å². The fourth-order valence-corrected chi connectivity index (χ4v) is 2.37. The molecule has 2 aromatic rings. The lowest BCUT2D eigenvalue weighted by molar-refractivity contribution is 0.0299. The predicted molar refractivity (Wildman–Crippen MR) is 85.3 cm³/mol. The summed E-state index contributed by atoms with van der Waals surface area (Å²) in [6, 6.07) is 8.78. The molecule has 24 heavy (non-hydrogen) atoms. The van der Waals surface area contributed by atoms with Gasteiger partial charge in [0.15, 0.2) is 0 Å². The predicted octanol–water partition coefficient (Wildman–Crippen LogP) is 1.95. The number of benzene rings is 1. The fraction of sp³-hybridized carbons (Fsp3) is 0.235. The van der Waals surface area contributed by atoms with Crippen LogP contribution in [0.25, 0.3) is 0 Å². The Hall–Kier alpha value is -2.80. The number of para-hydroxylation sites is 1. The first-order chi connectivity index (χ1) is 11.6. The number of carbonyl (C=O) groups is 2. The summed E-state index contributed by atoms with van der Waals surface area (Å²) in [6.07, 6.45) is 1.39. The van der Waals surface area contributed by atoms with Gasteiger partial charge in [-0.05, 0) is 24.3 Å². The van der Waals surface area contributed by atoms with E-state index in [1.54, 1.807) is 11.0 Å². The van der Waals surface area contributed by atoms with Crippen LogP contribution < -0.4 is 5.32 Å². The third-order valence-electron chi connectivity index (χ3n) is 3.66. The van der Waals surface area contributed by atoms with Gasteiger partial charge in [0.25, 0.3) is 11.8 Å². The van der Waals surface area contributed by atoms with Crippen LogP contribution in [0.3, 0.4) is 0 Å². The highest BCUT2D eigenvalue weighted by molar-refractivity contribution is 6.05. The standard InChI is InChI=1S/C17H16FN3O3/c18-13-3-1-2-4-14(13)20-16(22)12-5-6-19-15(11-12)17(23)21-7-9-24-10-8-21/h1-6,11H,7-10H2,(H,20,22). The number of carbonyl (C=O) groups excluding carboxylic acids is 2. The van der Waals surface area contributed by atoms with Crippen molar-refractivity contribution >= 4 is 17.5 Å². The normalized spacial score (nSPS) is 14.3. The second-order valence-corrected chi connectivity index (χ2v) is 5.27. The van der Waals surface area contributed by atoms with E-state index >= 15 is 0 Å². The van der Waals surface area contributed by atoms with E-state index in [0.29, 0.717) is 26.3 Å². The molecule has 6 nitrogen and oxygen atoms in total. The van der Waals surface area contributed by atoms with Crippen molar-refractivity contribution < 1.29 is 18.7 Å². The number of pyridine rings is 1. The van der Waals surface area contributed by atoms with Crippen molar-refractivity contribution in [3.8, 4) is 0 Å². The van der Waals surface area contributed by atoms with Gasteiger partial charge in [0, 0.05) is 24.8 Å². The molecule has 2 heterocycles. The van der Waals surface area contributed by atoms with Crippen LogP contribution in [0.5, 0.6) is 0 Å². The molecule has 1 saturated heterocycles. The van der Waals surface area contributed by atoms with Gasteiger partial charge in [-0.15, -0.1) is 0 Å². The Bertz CT molecular complexity index is 760. The van der Waals surface area contributed by atoms with E-state index in [2.05, 4.69) is 10.3 Å². The number of rotatable bonds is 3. The number of halogens is 1. The highest BCUT2D eigenvalue weighted by Gasteiger charge is 2.20. The SMILES string of the molecule is O=C(Nc1ccccc1F)c1ccnc(C(=O)N2CCOCC2)c1. The van der Waals surface area contributed by atoms with Crippen LogP contribution in [0.4, 0.5) is 10.1 Å². The lowest BCUT2D eigenvalue weighted by atomic mass is 10.2. The number of ether oxygens (including phenoxy) is 1. The number of morpholine rings is 1. The maximum absolute atomic E-state index is 13.6. The van der Waals surface area contributed by atoms with Gasteiger partial charge in [-0.3, -0.25) is 14.6 Å². The van der Waals surface area contributed by atoms with Crippen LogP contribution in [0, 0.1) is 5.82 Å². The Balaban J connectivity index is 1.76. The molecule has 0 bridgehead atoms. The average Bonchev–Trinajstić information content (AvgIpc) is 2.64. The molecule has 1 aromatic heterocycles. The lowest BCUT2D eigenvalue weighted by Crippen LogP contribution is -2.41. The molecule has 0 aliphatic carbocycles. The molecule has 0 spiro atoms. The van der Waals surface area contributed by atoms with Crippen LogP contribution in [0.1, 0.15) is 20.8 Å². The highest BCUT2D eigenvalue weighted by atomic mass is 19.1. The molecular formula is C17H16FN3O3. The number of hydrogen-bond donors (Lipinski definition) is 1. The molecule has 0 atom stereocenters. The van der Waals surface area contributed by atoms with Crippen molar-refractivity contribution in [2.75, 3.05) is 31.6 Å². The van der Waals surface area contributed by atoms with Crippen molar-refractivity contribution in [2.24, 2.45) is 0 Å². The molecule has 1 N–H and O–H groups in total. The Morgan fingerprint density at radius 2 is 1.92 bits per heavy atom. The summed E-state index contributed by atoms with van der Waals surface area (Å²) in [7, 11) is 0. The van der Waals surface area contributed by atoms with Crippen molar-refractivity contribution in [1.82, 2.24) is 9.88 Å². The lowest BCUT2D eigenvalue weighted by Gasteiger charge is -2.26. The molecular weight excluding hydrogens is 313 g/mol. The van der Waals surface area contributed by atoms with Crippen LogP contribution in [0.15, 0.2) is 42.6 Å². The second kappa shape index (κ2) is 7.18. The summed E-state index contributed by atoms with van der Waals surface area (Å²) in [5, 5.41) is 2.49. The van der Waals surface area contributed by atoms with Crippen molar-refractivity contribution in [1.29, 1.82) is 0 Å². The fourth-order valence-electron chi connectivity index (χ4n) is 2.37. The number of nitrogens with zero attached hydrogens (tertiary/aromatic N) is 2. The summed E-state index contributed by atoms with van der Waals surface area (Å²) in [4.78, 5) is 30.3. The highest BCUT2D eigenvalue weighted by Crippen LogP contribution is 2.15. The zero-order chi connectivity index (χ0) is 16.9. The molecule has 3 rings (SSSR count). The summed E-state index contributed by atoms with van der Waals surface area (Å²) in [5.41, 5.74) is 0.503. The molecule has 0 radical (unpaired) electrons. The van der Waals surface area contributed by atoms with Gasteiger partial charge in [0.05, 0.1) is 18.9 Å². The number of nitrogens with one attached hydrogen (secondary N) is 1. The number of anilines is 1. The minimum absolute atomic E-state index is 0.0837. The first kappa shape index (κ1) is 16.1. The molecule has 0 unspecified atom stereocenters. The maximum Gasteiger partial charge on any atom is 0.272 e. The van der Waals surface area contributed by atoms with Gasteiger partial charge < -0.3 is 15.0 Å². The first-order valence-corrected chi connectivity index (χ1v) is 7.54. The minimum Gasteiger partial charge on any atom is -0.378 e. The summed E-state index contributed by atoms with van der Waals surface area (Å²) >= 11 is 0. The van der Waals surface area contributed by atoms with Gasteiger partial charge in [-0.2, -0.15) is 0 Å². The van der Waals surface area contributed by atoms with Gasteiger partial charge in [-0.25, -0.2) is 4.39 Å². The molecule has 1 aliphatic rings. The Morgan fingerprint density at radius 3 is 2.67 bits per heavy atom. The Morgan fingerprint density at radius 1 is 1.17 bits per heavy atom. The summed E-state index contributed by atoms with van der Waals surface area (Å²) in [5.74, 6) is -1.28. The molecule has 1 fully saturated rings. The quantitative estimate of drug-likeness (QED) is 0.934. The summed E-state index contributed by atoms with van der Waals surface area (Å²) < 4.78 is 18.8. The van der Waals surface area contributed by atoms with Gasteiger partial charge in [-0.1, -0.05) is 12.1 Å². The zero-order valence-corrected chi connectivity index (χ0v) is 12.9. The maximum atomic E-state index is 13.6. The van der Waals surface area contributed by atoms with Gasteiger partial charge in [0.1, 0.15) is 11.5 Å². The summed E-state index contributed by atoms with van der Waals surface area (Å²) in [6.45, 7) is 1.96. The molecule has 1 aliphatic heterocycles. The van der Waals surface area contributed by atoms with E-state index < -0.39 is 11.7 Å². The smallest absolute Gasteiger partial charge is 0.272 e. The average molecular weight is 329 g/mol. The number of aromatic nitrogens is 1. The van der Waals surface area contributed by atoms with E-state index in [9.17, 15) is 14.0 Å². The Labute approximate surface area is 138 Å². The Kier molecular flexibility index (Phi) is 4.81. The third kappa shape index (κ3) is 3.57. The number of amides is 2. The van der Waals surface area contributed by atoms with Crippen molar-refractivity contribution in [2.45, 2.75) is 0 Å². The van der Waals surface area contributed by atoms with E-state index in [-0.39, 0.29) is 22.9 Å². The van der Waals surface area contributed by atoms with Crippen molar-refractivity contribution in [3.63, 3.8) is 0 Å². The van der Waals surface area contributed by atoms with E-state index in [0.717, 1.165) is 0 Å². The molecule has 1 aromatic carbocycles. The molecule has 7 heteroatoms. The second-order valence-electron chi connectivity index (χ2n) is 5.27. The van der Waals surface area contributed by atoms with Gasteiger partial charge >= 0.3 is 0 Å². The molecule has 124 valence electrons. The first-order valence-electron chi connectivity index (χ1n) is 7.54. The van der Waals surface area contributed by atoms with E-state index in [1.165, 1.54) is 36.5 Å².